The Labute approximate surface area is 131 Å². The Morgan fingerprint density at radius 2 is 1.86 bits per heavy atom. The van der Waals surface area contributed by atoms with Crippen LogP contribution in [0.25, 0.3) is 12.3 Å². The lowest BCUT2D eigenvalue weighted by atomic mass is 9.73. The van der Waals surface area contributed by atoms with E-state index in [2.05, 4.69) is 47.0 Å². The van der Waals surface area contributed by atoms with Crippen LogP contribution in [0.4, 0.5) is 0 Å². The summed E-state index contributed by atoms with van der Waals surface area (Å²) < 4.78 is 2.07. The summed E-state index contributed by atoms with van der Waals surface area (Å²) in [5.41, 5.74) is 2.24. The molecule has 0 saturated carbocycles. The SMILES string of the molecule is CN1CCC([C@]2(O)c3ccccc3C=Cn3cccc32)CC1. The van der Waals surface area contributed by atoms with Gasteiger partial charge in [0.15, 0.2) is 0 Å². The van der Waals surface area contributed by atoms with Crippen molar-refractivity contribution in [2.75, 3.05) is 20.1 Å². The van der Waals surface area contributed by atoms with Crippen LogP contribution >= 0.6 is 0 Å². The van der Waals surface area contributed by atoms with Gasteiger partial charge in [-0.25, -0.2) is 0 Å². The number of hydrogen-bond donors (Lipinski definition) is 1. The van der Waals surface area contributed by atoms with Crippen LogP contribution in [0.2, 0.25) is 0 Å². The summed E-state index contributed by atoms with van der Waals surface area (Å²) in [6.45, 7) is 2.09. The second-order valence-electron chi connectivity index (χ2n) is 6.55. The second kappa shape index (κ2) is 5.11. The van der Waals surface area contributed by atoms with E-state index in [0.29, 0.717) is 0 Å². The van der Waals surface area contributed by atoms with E-state index in [1.807, 2.05) is 24.4 Å². The van der Waals surface area contributed by atoms with E-state index in [0.717, 1.165) is 42.8 Å². The number of rotatable bonds is 1. The maximum atomic E-state index is 11.9. The summed E-state index contributed by atoms with van der Waals surface area (Å²) in [6, 6.07) is 12.3. The van der Waals surface area contributed by atoms with E-state index in [-0.39, 0.29) is 5.92 Å². The first kappa shape index (κ1) is 13.8. The van der Waals surface area contributed by atoms with E-state index in [1.165, 1.54) is 0 Å². The predicted molar refractivity (Wildman–Crippen MR) is 89.3 cm³/mol. The van der Waals surface area contributed by atoms with Gasteiger partial charge in [-0.15, -0.1) is 0 Å². The van der Waals surface area contributed by atoms with Crippen LogP contribution in [0.1, 0.15) is 29.7 Å². The zero-order chi connectivity index (χ0) is 15.2. The number of hydrogen-bond acceptors (Lipinski definition) is 2. The third-order valence-electron chi connectivity index (χ3n) is 5.26. The summed E-state index contributed by atoms with van der Waals surface area (Å²) in [7, 11) is 2.16. The van der Waals surface area contributed by atoms with Gasteiger partial charge in [0.05, 0.1) is 5.69 Å². The van der Waals surface area contributed by atoms with Crippen molar-refractivity contribution in [2.24, 2.45) is 5.92 Å². The molecule has 0 aliphatic carbocycles. The van der Waals surface area contributed by atoms with E-state index < -0.39 is 5.60 Å². The van der Waals surface area contributed by atoms with Gasteiger partial charge in [-0.05, 0) is 62.3 Å². The van der Waals surface area contributed by atoms with Crippen LogP contribution in [0.5, 0.6) is 0 Å². The summed E-state index contributed by atoms with van der Waals surface area (Å²) in [4.78, 5) is 2.35. The average Bonchev–Trinajstić information content (AvgIpc) is 2.98. The van der Waals surface area contributed by atoms with Crippen molar-refractivity contribution in [3.63, 3.8) is 0 Å². The Kier molecular flexibility index (Phi) is 3.21. The van der Waals surface area contributed by atoms with Crippen molar-refractivity contribution in [1.29, 1.82) is 0 Å². The first-order valence-corrected chi connectivity index (χ1v) is 8.05. The molecule has 1 saturated heterocycles. The topological polar surface area (TPSA) is 28.4 Å². The first-order chi connectivity index (χ1) is 10.7. The highest BCUT2D eigenvalue weighted by atomic mass is 16.3. The van der Waals surface area contributed by atoms with Gasteiger partial charge < -0.3 is 14.6 Å². The lowest BCUT2D eigenvalue weighted by Gasteiger charge is -2.41. The Morgan fingerprint density at radius 3 is 2.68 bits per heavy atom. The van der Waals surface area contributed by atoms with Gasteiger partial charge in [0.2, 0.25) is 0 Å². The van der Waals surface area contributed by atoms with Crippen molar-refractivity contribution >= 4 is 12.3 Å². The summed E-state index contributed by atoms with van der Waals surface area (Å²) in [5.74, 6) is 0.249. The highest BCUT2D eigenvalue weighted by Crippen LogP contribution is 2.44. The standard InChI is InChI=1S/C19H22N2O/c1-20-12-9-16(10-13-20)19(22)17-6-3-2-5-15(17)8-14-21-11-4-7-18(19)21/h2-8,11,14,16,22H,9-10,12-13H2,1H3/t19-/m0/s1. The van der Waals surface area contributed by atoms with Crippen LogP contribution < -0.4 is 0 Å². The molecule has 0 bridgehead atoms. The molecule has 3 nitrogen and oxygen atoms in total. The summed E-state index contributed by atoms with van der Waals surface area (Å²) in [6.07, 6.45) is 8.23. The molecule has 0 radical (unpaired) electrons. The number of likely N-dealkylation sites (tertiary alicyclic amines) is 1. The average molecular weight is 294 g/mol. The minimum absolute atomic E-state index is 0.249. The van der Waals surface area contributed by atoms with Crippen LogP contribution in [0, 0.1) is 5.92 Å². The highest BCUT2D eigenvalue weighted by molar-refractivity contribution is 5.68. The molecule has 114 valence electrons. The minimum atomic E-state index is -0.912. The Balaban J connectivity index is 1.89. The van der Waals surface area contributed by atoms with Crippen LogP contribution in [-0.4, -0.2) is 34.7 Å². The molecule has 3 heteroatoms. The number of nitrogens with zero attached hydrogens (tertiary/aromatic N) is 2. The zero-order valence-corrected chi connectivity index (χ0v) is 12.9. The molecule has 0 spiro atoms. The molecule has 4 rings (SSSR count). The fraction of sp³-hybridized carbons (Fsp3) is 0.368. The van der Waals surface area contributed by atoms with Crippen molar-refractivity contribution in [3.05, 3.63) is 59.4 Å². The number of piperidine rings is 1. The van der Waals surface area contributed by atoms with Crippen molar-refractivity contribution in [2.45, 2.75) is 18.4 Å². The van der Waals surface area contributed by atoms with Gasteiger partial charge in [-0.1, -0.05) is 24.3 Å². The Hall–Kier alpha value is -1.84. The van der Waals surface area contributed by atoms with Gasteiger partial charge in [-0.2, -0.15) is 0 Å². The zero-order valence-electron chi connectivity index (χ0n) is 12.9. The number of aromatic nitrogens is 1. The highest BCUT2D eigenvalue weighted by Gasteiger charge is 2.44. The van der Waals surface area contributed by atoms with Crippen LogP contribution in [-0.2, 0) is 5.60 Å². The van der Waals surface area contributed by atoms with Gasteiger partial charge in [0.1, 0.15) is 5.60 Å². The quantitative estimate of drug-likeness (QED) is 0.876. The van der Waals surface area contributed by atoms with E-state index in [1.54, 1.807) is 0 Å². The molecule has 1 N–H and O–H groups in total. The molecule has 1 fully saturated rings. The normalized spacial score (nSPS) is 25.5. The van der Waals surface area contributed by atoms with Gasteiger partial charge >= 0.3 is 0 Å². The largest absolute Gasteiger partial charge is 0.379 e. The van der Waals surface area contributed by atoms with Crippen molar-refractivity contribution < 1.29 is 5.11 Å². The minimum Gasteiger partial charge on any atom is -0.379 e. The van der Waals surface area contributed by atoms with E-state index in [9.17, 15) is 5.11 Å². The monoisotopic (exact) mass is 294 g/mol. The molecule has 2 aliphatic heterocycles. The molecule has 0 unspecified atom stereocenters. The smallest absolute Gasteiger partial charge is 0.133 e. The number of aliphatic hydroxyl groups is 1. The van der Waals surface area contributed by atoms with Crippen molar-refractivity contribution in [1.82, 2.24) is 9.47 Å². The fourth-order valence-electron chi connectivity index (χ4n) is 3.99. The summed E-state index contributed by atoms with van der Waals surface area (Å²) in [5, 5.41) is 11.9. The molecule has 2 aromatic rings. The molecule has 1 aromatic carbocycles. The van der Waals surface area contributed by atoms with Crippen LogP contribution in [0.3, 0.4) is 0 Å². The maximum Gasteiger partial charge on any atom is 0.133 e. The van der Waals surface area contributed by atoms with Crippen LogP contribution in [0.15, 0.2) is 42.6 Å². The lowest BCUT2D eigenvalue weighted by Crippen LogP contribution is -2.44. The molecule has 1 aromatic heterocycles. The van der Waals surface area contributed by atoms with Gasteiger partial charge in [-0.3, -0.25) is 0 Å². The molecule has 22 heavy (non-hydrogen) atoms. The molecule has 3 heterocycles. The third-order valence-corrected chi connectivity index (χ3v) is 5.26. The van der Waals surface area contributed by atoms with Gasteiger partial charge in [0.25, 0.3) is 0 Å². The molecular formula is C19H22N2O. The third kappa shape index (κ3) is 1.97. The molecule has 2 aliphatic rings. The second-order valence-corrected chi connectivity index (χ2v) is 6.55. The maximum absolute atomic E-state index is 11.9. The van der Waals surface area contributed by atoms with Gasteiger partial charge in [0, 0.05) is 18.3 Å². The lowest BCUT2D eigenvalue weighted by molar-refractivity contribution is -0.0150. The molecule has 1 atom stereocenters. The summed E-state index contributed by atoms with van der Waals surface area (Å²) >= 11 is 0. The number of fused-ring (bicyclic) bond motifs is 2. The number of benzene rings is 1. The first-order valence-electron chi connectivity index (χ1n) is 8.05. The van der Waals surface area contributed by atoms with E-state index in [4.69, 9.17) is 0 Å². The Bertz CT molecular complexity index is 710. The van der Waals surface area contributed by atoms with Crippen molar-refractivity contribution in [3.8, 4) is 0 Å². The predicted octanol–water partition coefficient (Wildman–Crippen LogP) is 3.01. The van der Waals surface area contributed by atoms with E-state index >= 15 is 0 Å². The Morgan fingerprint density at radius 1 is 1.09 bits per heavy atom. The molecular weight excluding hydrogens is 272 g/mol. The molecule has 0 amide bonds. The fourth-order valence-corrected chi connectivity index (χ4v) is 3.99.